The average Bonchev–Trinajstić information content (AvgIpc) is 2.36. The zero-order valence-corrected chi connectivity index (χ0v) is 13.1. The average molecular weight is 292 g/mol. The summed E-state index contributed by atoms with van der Waals surface area (Å²) in [5.41, 5.74) is 7.15. The summed E-state index contributed by atoms with van der Waals surface area (Å²) >= 11 is 0. The van der Waals surface area contributed by atoms with Crippen molar-refractivity contribution < 1.29 is 14.3 Å². The third-order valence-electron chi connectivity index (χ3n) is 2.87. The highest BCUT2D eigenvalue weighted by Gasteiger charge is 2.16. The number of nitrogens with two attached hydrogens (primary N) is 1. The van der Waals surface area contributed by atoms with Crippen molar-refractivity contribution in [2.75, 3.05) is 6.54 Å². The number of carbonyl (C=O) groups is 2. The molecule has 0 aliphatic rings. The summed E-state index contributed by atoms with van der Waals surface area (Å²) in [5, 5.41) is 2.67. The number of ketones is 1. The molecule has 3 N–H and O–H groups in total. The van der Waals surface area contributed by atoms with E-state index < -0.39 is 11.7 Å². The lowest BCUT2D eigenvalue weighted by atomic mass is 10.0. The van der Waals surface area contributed by atoms with Crippen molar-refractivity contribution in [3.8, 4) is 0 Å². The summed E-state index contributed by atoms with van der Waals surface area (Å²) in [5.74, 6) is 0.0294. The van der Waals surface area contributed by atoms with E-state index in [1.807, 2.05) is 32.9 Å². The number of Topliss-reactive ketones (excluding diaryl/α,β-unsaturated/α-hetero) is 1. The second-order valence-corrected chi connectivity index (χ2v) is 6.00. The van der Waals surface area contributed by atoms with Crippen LogP contribution in [0.1, 0.15) is 56.1 Å². The molecule has 1 aromatic rings. The Morgan fingerprint density at radius 3 is 2.29 bits per heavy atom. The number of benzene rings is 1. The van der Waals surface area contributed by atoms with Crippen LogP contribution in [0.15, 0.2) is 24.3 Å². The molecule has 1 amide bonds. The van der Waals surface area contributed by atoms with E-state index in [4.69, 9.17) is 10.5 Å². The molecule has 0 aliphatic heterocycles. The van der Waals surface area contributed by atoms with Crippen LogP contribution in [0.25, 0.3) is 0 Å². The first-order valence-corrected chi connectivity index (χ1v) is 7.02. The Hall–Kier alpha value is -1.88. The van der Waals surface area contributed by atoms with Crippen LogP contribution in [-0.4, -0.2) is 24.0 Å². The number of ether oxygens (including phenoxy) is 1. The van der Waals surface area contributed by atoms with E-state index in [1.54, 1.807) is 12.1 Å². The van der Waals surface area contributed by atoms with Crippen molar-refractivity contribution in [2.45, 2.75) is 45.8 Å². The molecule has 0 spiro atoms. The van der Waals surface area contributed by atoms with E-state index in [-0.39, 0.29) is 11.8 Å². The van der Waals surface area contributed by atoms with Gasteiger partial charge in [-0.25, -0.2) is 4.79 Å². The van der Waals surface area contributed by atoms with Crippen molar-refractivity contribution in [3.05, 3.63) is 35.4 Å². The molecule has 21 heavy (non-hydrogen) atoms. The van der Waals surface area contributed by atoms with Crippen LogP contribution in [0.2, 0.25) is 0 Å². The zero-order valence-electron chi connectivity index (χ0n) is 13.1. The van der Waals surface area contributed by atoms with E-state index in [9.17, 15) is 9.59 Å². The van der Waals surface area contributed by atoms with Gasteiger partial charge in [0.05, 0.1) is 0 Å². The van der Waals surface area contributed by atoms with E-state index in [0.717, 1.165) is 5.56 Å². The molecule has 116 valence electrons. The van der Waals surface area contributed by atoms with Crippen LogP contribution in [0.5, 0.6) is 0 Å². The van der Waals surface area contributed by atoms with Gasteiger partial charge in [-0.15, -0.1) is 0 Å². The van der Waals surface area contributed by atoms with Gasteiger partial charge in [0.25, 0.3) is 0 Å². The minimum Gasteiger partial charge on any atom is -0.444 e. The molecule has 1 atom stereocenters. The van der Waals surface area contributed by atoms with Gasteiger partial charge in [-0.3, -0.25) is 4.79 Å². The molecule has 0 bridgehead atoms. The number of carbonyl (C=O) groups excluding carboxylic acids is 2. The summed E-state index contributed by atoms with van der Waals surface area (Å²) < 4.78 is 5.14. The van der Waals surface area contributed by atoms with Crippen molar-refractivity contribution in [3.63, 3.8) is 0 Å². The third-order valence-corrected chi connectivity index (χ3v) is 2.87. The minimum absolute atomic E-state index is 0.0294. The molecule has 0 heterocycles. The number of hydrogen-bond acceptors (Lipinski definition) is 4. The number of hydrogen-bond donors (Lipinski definition) is 2. The smallest absolute Gasteiger partial charge is 0.407 e. The van der Waals surface area contributed by atoms with Crippen LogP contribution in [-0.2, 0) is 4.74 Å². The summed E-state index contributed by atoms with van der Waals surface area (Å²) in [7, 11) is 0. The van der Waals surface area contributed by atoms with Crippen LogP contribution < -0.4 is 11.1 Å². The van der Waals surface area contributed by atoms with Crippen molar-refractivity contribution in [1.29, 1.82) is 0 Å². The molecule has 5 nitrogen and oxygen atoms in total. The number of rotatable bonds is 5. The summed E-state index contributed by atoms with van der Waals surface area (Å²) in [4.78, 5) is 22.7. The van der Waals surface area contributed by atoms with Gasteiger partial charge in [-0.05, 0) is 39.7 Å². The maximum atomic E-state index is 11.5. The summed E-state index contributed by atoms with van der Waals surface area (Å²) in [6, 6.07) is 7.02. The molecule has 0 aliphatic carbocycles. The Kier molecular flexibility index (Phi) is 5.90. The first-order valence-electron chi connectivity index (χ1n) is 7.02. The van der Waals surface area contributed by atoms with Gasteiger partial charge >= 0.3 is 6.09 Å². The standard InChI is InChI=1S/C16H24N2O3/c1-11(19)12-5-7-13(8-6-12)14(17)9-10-18-15(20)21-16(2,3)4/h5-8,14H,9-10,17H2,1-4H3,(H,18,20). The Morgan fingerprint density at radius 1 is 1.24 bits per heavy atom. The summed E-state index contributed by atoms with van der Waals surface area (Å²) in [6.45, 7) is 7.41. The lowest BCUT2D eigenvalue weighted by molar-refractivity contribution is 0.0526. The van der Waals surface area contributed by atoms with Gasteiger partial charge in [0.15, 0.2) is 5.78 Å². The Labute approximate surface area is 125 Å². The van der Waals surface area contributed by atoms with Crippen LogP contribution >= 0.6 is 0 Å². The van der Waals surface area contributed by atoms with Crippen LogP contribution in [0.3, 0.4) is 0 Å². The summed E-state index contributed by atoms with van der Waals surface area (Å²) in [6.07, 6.45) is 0.153. The number of alkyl carbamates (subject to hydrolysis) is 1. The molecule has 0 saturated heterocycles. The van der Waals surface area contributed by atoms with Crippen LogP contribution in [0, 0.1) is 0 Å². The monoisotopic (exact) mass is 292 g/mol. The highest BCUT2D eigenvalue weighted by molar-refractivity contribution is 5.94. The zero-order chi connectivity index (χ0) is 16.0. The third kappa shape index (κ3) is 6.40. The number of nitrogens with one attached hydrogen (secondary N) is 1. The first kappa shape index (κ1) is 17.2. The molecule has 1 unspecified atom stereocenters. The molecule has 0 fully saturated rings. The van der Waals surface area contributed by atoms with Gasteiger partial charge in [0.1, 0.15) is 5.60 Å². The first-order chi connectivity index (χ1) is 9.69. The lowest BCUT2D eigenvalue weighted by Gasteiger charge is -2.20. The normalized spacial score (nSPS) is 12.6. The SMILES string of the molecule is CC(=O)c1ccc(C(N)CCNC(=O)OC(C)(C)C)cc1. The highest BCUT2D eigenvalue weighted by Crippen LogP contribution is 2.15. The maximum absolute atomic E-state index is 11.5. The molecular weight excluding hydrogens is 268 g/mol. The Morgan fingerprint density at radius 2 is 1.81 bits per heavy atom. The van der Waals surface area contributed by atoms with Crippen molar-refractivity contribution in [2.24, 2.45) is 5.73 Å². The topological polar surface area (TPSA) is 81.4 Å². The van der Waals surface area contributed by atoms with Crippen molar-refractivity contribution in [1.82, 2.24) is 5.32 Å². The highest BCUT2D eigenvalue weighted by atomic mass is 16.6. The fourth-order valence-electron chi connectivity index (χ4n) is 1.78. The van der Waals surface area contributed by atoms with E-state index >= 15 is 0 Å². The van der Waals surface area contributed by atoms with Gasteiger partial charge in [0.2, 0.25) is 0 Å². The fourth-order valence-corrected chi connectivity index (χ4v) is 1.78. The van der Waals surface area contributed by atoms with Gasteiger partial charge in [-0.1, -0.05) is 24.3 Å². The van der Waals surface area contributed by atoms with E-state index in [0.29, 0.717) is 18.5 Å². The molecular formula is C16H24N2O3. The van der Waals surface area contributed by atoms with Gasteiger partial charge in [0, 0.05) is 18.2 Å². The van der Waals surface area contributed by atoms with Gasteiger partial charge < -0.3 is 15.8 Å². The van der Waals surface area contributed by atoms with E-state index in [2.05, 4.69) is 5.32 Å². The minimum atomic E-state index is -0.505. The number of amides is 1. The lowest BCUT2D eigenvalue weighted by Crippen LogP contribution is -2.33. The predicted molar refractivity (Wildman–Crippen MR) is 82.2 cm³/mol. The fraction of sp³-hybridized carbons (Fsp3) is 0.500. The largest absolute Gasteiger partial charge is 0.444 e. The Bertz CT molecular complexity index is 489. The molecule has 5 heteroatoms. The molecule has 0 radical (unpaired) electrons. The van der Waals surface area contributed by atoms with E-state index in [1.165, 1.54) is 6.92 Å². The maximum Gasteiger partial charge on any atom is 0.407 e. The van der Waals surface area contributed by atoms with Gasteiger partial charge in [-0.2, -0.15) is 0 Å². The second kappa shape index (κ2) is 7.22. The molecule has 1 aromatic carbocycles. The van der Waals surface area contributed by atoms with Crippen molar-refractivity contribution >= 4 is 11.9 Å². The molecule has 1 rings (SSSR count). The predicted octanol–water partition coefficient (Wildman–Crippen LogP) is 2.80. The second-order valence-electron chi connectivity index (χ2n) is 6.00. The van der Waals surface area contributed by atoms with Crippen LogP contribution in [0.4, 0.5) is 4.79 Å². The molecule has 0 saturated carbocycles. The quantitative estimate of drug-likeness (QED) is 0.818. The molecule has 0 aromatic heterocycles. The Balaban J connectivity index is 2.42.